The summed E-state index contributed by atoms with van der Waals surface area (Å²) < 4.78 is 24.8. The van der Waals surface area contributed by atoms with Gasteiger partial charge in [0.05, 0.1) is 12.2 Å². The second kappa shape index (κ2) is 4.34. The van der Waals surface area contributed by atoms with Crippen molar-refractivity contribution in [1.29, 1.82) is 0 Å². The van der Waals surface area contributed by atoms with Gasteiger partial charge in [-0.1, -0.05) is 0 Å². The van der Waals surface area contributed by atoms with Crippen molar-refractivity contribution in [2.75, 3.05) is 0 Å². The number of nitrogens with two attached hydrogens (primary N) is 1. The number of alkyl halides is 2. The van der Waals surface area contributed by atoms with Gasteiger partial charge in [0, 0.05) is 0 Å². The van der Waals surface area contributed by atoms with Gasteiger partial charge in [-0.2, -0.15) is 0 Å². The third-order valence-electron chi connectivity index (χ3n) is 1.87. The van der Waals surface area contributed by atoms with Crippen LogP contribution in [0.2, 0.25) is 0 Å². The molecule has 0 saturated heterocycles. The molecule has 0 fully saturated rings. The Bertz CT molecular complexity index is 329. The molecule has 0 unspecified atom stereocenters. The second-order valence-electron chi connectivity index (χ2n) is 2.96. The van der Waals surface area contributed by atoms with Gasteiger partial charge in [-0.15, -0.1) is 0 Å². The van der Waals surface area contributed by atoms with E-state index in [1.165, 1.54) is 6.07 Å². The SMILES string of the molecule is Cc1cc(CON)cc(C(F)F)c1O. The van der Waals surface area contributed by atoms with Gasteiger partial charge in [0.2, 0.25) is 0 Å². The highest BCUT2D eigenvalue weighted by Gasteiger charge is 2.15. The summed E-state index contributed by atoms with van der Waals surface area (Å²) in [6, 6.07) is 2.73. The third-order valence-corrected chi connectivity index (χ3v) is 1.87. The number of halogens is 2. The van der Waals surface area contributed by atoms with E-state index in [4.69, 9.17) is 5.90 Å². The van der Waals surface area contributed by atoms with E-state index in [1.54, 1.807) is 13.0 Å². The first-order valence-corrected chi connectivity index (χ1v) is 3.98. The molecule has 5 heteroatoms. The summed E-state index contributed by atoms with van der Waals surface area (Å²) in [5, 5.41) is 9.31. The van der Waals surface area contributed by atoms with Crippen LogP contribution in [0.3, 0.4) is 0 Å². The zero-order valence-electron chi connectivity index (χ0n) is 7.63. The van der Waals surface area contributed by atoms with Crippen molar-refractivity contribution in [2.24, 2.45) is 5.90 Å². The van der Waals surface area contributed by atoms with Gasteiger partial charge in [-0.25, -0.2) is 14.7 Å². The molecule has 1 rings (SSSR count). The van der Waals surface area contributed by atoms with Crippen LogP contribution in [-0.2, 0) is 11.4 Å². The maximum absolute atomic E-state index is 12.4. The van der Waals surface area contributed by atoms with Crippen LogP contribution in [-0.4, -0.2) is 5.11 Å². The molecule has 0 heterocycles. The summed E-state index contributed by atoms with van der Waals surface area (Å²) in [7, 11) is 0. The molecule has 0 saturated carbocycles. The van der Waals surface area contributed by atoms with Gasteiger partial charge in [0.25, 0.3) is 6.43 Å². The molecule has 3 nitrogen and oxygen atoms in total. The van der Waals surface area contributed by atoms with Crippen molar-refractivity contribution in [3.05, 3.63) is 28.8 Å². The molecule has 0 atom stereocenters. The highest BCUT2D eigenvalue weighted by molar-refractivity contribution is 5.43. The van der Waals surface area contributed by atoms with E-state index < -0.39 is 12.0 Å². The molecule has 0 radical (unpaired) electrons. The summed E-state index contributed by atoms with van der Waals surface area (Å²) in [5.41, 5.74) is 0.505. The molecular formula is C9H11F2NO2. The first kappa shape index (κ1) is 10.9. The smallest absolute Gasteiger partial charge is 0.267 e. The Hall–Kier alpha value is -1.20. The molecule has 14 heavy (non-hydrogen) atoms. The van der Waals surface area contributed by atoms with Crippen LogP contribution in [0.4, 0.5) is 8.78 Å². The fourth-order valence-corrected chi connectivity index (χ4v) is 1.23. The van der Waals surface area contributed by atoms with Crippen molar-refractivity contribution >= 4 is 0 Å². The quantitative estimate of drug-likeness (QED) is 0.739. The lowest BCUT2D eigenvalue weighted by Gasteiger charge is -2.09. The van der Waals surface area contributed by atoms with Crippen LogP contribution >= 0.6 is 0 Å². The van der Waals surface area contributed by atoms with Crippen molar-refractivity contribution in [1.82, 2.24) is 0 Å². The number of aryl methyl sites for hydroxylation is 1. The molecule has 3 N–H and O–H groups in total. The Balaban J connectivity index is 3.14. The average Bonchev–Trinajstić information content (AvgIpc) is 2.11. The van der Waals surface area contributed by atoms with E-state index in [0.717, 1.165) is 0 Å². The number of rotatable bonds is 3. The van der Waals surface area contributed by atoms with E-state index >= 15 is 0 Å². The molecule has 1 aromatic carbocycles. The van der Waals surface area contributed by atoms with E-state index in [-0.39, 0.29) is 12.4 Å². The van der Waals surface area contributed by atoms with Gasteiger partial charge in [-0.3, -0.25) is 4.84 Å². The van der Waals surface area contributed by atoms with Crippen molar-refractivity contribution in [2.45, 2.75) is 20.0 Å². The molecule has 0 aliphatic rings. The number of benzene rings is 1. The van der Waals surface area contributed by atoms with Gasteiger partial charge in [0.15, 0.2) is 0 Å². The molecule has 0 aliphatic carbocycles. The Morgan fingerprint density at radius 1 is 1.50 bits per heavy atom. The second-order valence-corrected chi connectivity index (χ2v) is 2.96. The largest absolute Gasteiger partial charge is 0.507 e. The molecule has 0 bridgehead atoms. The van der Waals surface area contributed by atoms with Gasteiger partial charge < -0.3 is 5.11 Å². The number of phenolic OH excluding ortho intramolecular Hbond substituents is 1. The highest BCUT2D eigenvalue weighted by atomic mass is 19.3. The van der Waals surface area contributed by atoms with E-state index in [0.29, 0.717) is 11.1 Å². The zero-order chi connectivity index (χ0) is 10.7. The van der Waals surface area contributed by atoms with Crippen molar-refractivity contribution < 1.29 is 18.7 Å². The van der Waals surface area contributed by atoms with Crippen LogP contribution in [0.25, 0.3) is 0 Å². The van der Waals surface area contributed by atoms with Crippen molar-refractivity contribution in [3.8, 4) is 5.75 Å². The van der Waals surface area contributed by atoms with Crippen LogP contribution in [0.1, 0.15) is 23.1 Å². The fraction of sp³-hybridized carbons (Fsp3) is 0.333. The zero-order valence-corrected chi connectivity index (χ0v) is 7.63. The van der Waals surface area contributed by atoms with Gasteiger partial charge in [0.1, 0.15) is 5.75 Å². The topological polar surface area (TPSA) is 55.5 Å². The van der Waals surface area contributed by atoms with E-state index in [1.807, 2.05) is 0 Å². The Morgan fingerprint density at radius 2 is 2.14 bits per heavy atom. The summed E-state index contributed by atoms with van der Waals surface area (Å²) >= 11 is 0. The number of phenols is 1. The first-order valence-electron chi connectivity index (χ1n) is 3.98. The Morgan fingerprint density at radius 3 is 2.64 bits per heavy atom. The van der Waals surface area contributed by atoms with Crippen molar-refractivity contribution in [3.63, 3.8) is 0 Å². The maximum Gasteiger partial charge on any atom is 0.267 e. The van der Waals surface area contributed by atoms with Gasteiger partial charge in [-0.05, 0) is 30.2 Å². The Labute approximate surface area is 80.1 Å². The molecule has 0 aliphatic heterocycles. The first-order chi connectivity index (χ1) is 6.56. The minimum atomic E-state index is -2.70. The number of aromatic hydroxyl groups is 1. The van der Waals surface area contributed by atoms with E-state index in [9.17, 15) is 13.9 Å². The minimum absolute atomic E-state index is 0.0425. The molecule has 1 aromatic rings. The third kappa shape index (κ3) is 2.18. The van der Waals surface area contributed by atoms with Crippen LogP contribution in [0.15, 0.2) is 12.1 Å². The summed E-state index contributed by atoms with van der Waals surface area (Å²) in [5.74, 6) is 4.45. The van der Waals surface area contributed by atoms with Crippen LogP contribution in [0, 0.1) is 6.92 Å². The van der Waals surface area contributed by atoms with E-state index in [2.05, 4.69) is 4.84 Å². The predicted octanol–water partition coefficient (Wildman–Crippen LogP) is 2.03. The fourth-order valence-electron chi connectivity index (χ4n) is 1.23. The summed E-state index contributed by atoms with van der Waals surface area (Å²) in [6.45, 7) is 1.59. The lowest BCUT2D eigenvalue weighted by molar-refractivity contribution is 0.122. The Kier molecular flexibility index (Phi) is 3.38. The van der Waals surface area contributed by atoms with Crippen LogP contribution in [0.5, 0.6) is 5.75 Å². The maximum atomic E-state index is 12.4. The normalized spacial score (nSPS) is 10.9. The molecular weight excluding hydrogens is 192 g/mol. The minimum Gasteiger partial charge on any atom is -0.507 e. The summed E-state index contributed by atoms with van der Waals surface area (Å²) in [6.07, 6.45) is -2.70. The molecule has 0 aromatic heterocycles. The standard InChI is InChI=1S/C9H11F2NO2/c1-5-2-6(4-14-12)3-7(8(5)13)9(10)11/h2-3,9,13H,4,12H2,1H3. The van der Waals surface area contributed by atoms with Gasteiger partial charge >= 0.3 is 0 Å². The monoisotopic (exact) mass is 203 g/mol. The predicted molar refractivity (Wildman–Crippen MR) is 46.8 cm³/mol. The average molecular weight is 203 g/mol. The summed E-state index contributed by atoms with van der Waals surface area (Å²) in [4.78, 5) is 4.33. The molecule has 0 spiro atoms. The molecule has 78 valence electrons. The number of hydrogen-bond donors (Lipinski definition) is 2. The highest BCUT2D eigenvalue weighted by Crippen LogP contribution is 2.32. The van der Waals surface area contributed by atoms with Crippen LogP contribution < -0.4 is 5.90 Å². The lowest BCUT2D eigenvalue weighted by atomic mass is 10.1. The lowest BCUT2D eigenvalue weighted by Crippen LogP contribution is -2.00. The number of hydrogen-bond acceptors (Lipinski definition) is 3. The molecule has 0 amide bonds.